The van der Waals surface area contributed by atoms with Crippen molar-refractivity contribution in [1.29, 1.82) is 0 Å². The van der Waals surface area contributed by atoms with Crippen molar-refractivity contribution in [3.05, 3.63) is 91.3 Å². The second-order valence-electron chi connectivity index (χ2n) is 13.2. The Morgan fingerprint density at radius 1 is 0.667 bits per heavy atom. The summed E-state index contributed by atoms with van der Waals surface area (Å²) >= 11 is 0. The van der Waals surface area contributed by atoms with E-state index in [1.807, 2.05) is 0 Å². The first-order chi connectivity index (χ1) is 25.1. The molecular formula is C40H42O14. The van der Waals surface area contributed by atoms with E-state index < -0.39 is 52.7 Å². The van der Waals surface area contributed by atoms with Gasteiger partial charge in [0.1, 0.15) is 56.9 Å². The number of aromatic hydroxyl groups is 2. The van der Waals surface area contributed by atoms with Gasteiger partial charge in [-0.15, -0.1) is 0 Å². The van der Waals surface area contributed by atoms with Crippen molar-refractivity contribution in [3.63, 3.8) is 0 Å². The maximum atomic E-state index is 13.8. The molecule has 4 N–H and O–H groups in total. The summed E-state index contributed by atoms with van der Waals surface area (Å²) in [7, 11) is 2.46. The number of aryl methyl sites for hydroxylation is 1. The van der Waals surface area contributed by atoms with E-state index in [1.165, 1.54) is 54.0 Å². The molecule has 14 nitrogen and oxygen atoms in total. The van der Waals surface area contributed by atoms with Crippen molar-refractivity contribution in [1.82, 2.24) is 0 Å². The van der Waals surface area contributed by atoms with Gasteiger partial charge in [0.05, 0.1) is 14.2 Å². The van der Waals surface area contributed by atoms with E-state index in [1.54, 1.807) is 34.6 Å². The Labute approximate surface area is 311 Å². The number of hydrogen-bond donors (Lipinski definition) is 4. The molecule has 0 unspecified atom stereocenters. The SMILES string of the molecule is COC1=CC(=O)C=C(C)[C@]1(O)C(=O)Oc1c(C)c(C)c(C(=O)Oc2cc(C)c(C(=O)Oc3cc(OC)c(C(=O)O)c(C)c3C)c(O)c2C)c(O)c1C(C)C. The fraction of sp³-hybridized carbons (Fsp3) is 0.325. The van der Waals surface area contributed by atoms with Crippen molar-refractivity contribution in [2.75, 3.05) is 14.2 Å². The predicted molar refractivity (Wildman–Crippen MR) is 193 cm³/mol. The van der Waals surface area contributed by atoms with Crippen LogP contribution in [0.4, 0.5) is 0 Å². The Morgan fingerprint density at radius 3 is 1.76 bits per heavy atom. The van der Waals surface area contributed by atoms with E-state index in [-0.39, 0.29) is 78.8 Å². The van der Waals surface area contributed by atoms with Gasteiger partial charge in [0, 0.05) is 23.3 Å². The van der Waals surface area contributed by atoms with Gasteiger partial charge in [-0.25, -0.2) is 19.2 Å². The summed E-state index contributed by atoms with van der Waals surface area (Å²) in [5.74, 6) is -7.23. The molecule has 3 aromatic carbocycles. The molecule has 0 radical (unpaired) electrons. The first kappa shape index (κ1) is 40.6. The number of carboxylic acid groups (broad SMARTS) is 1. The highest BCUT2D eigenvalue weighted by Gasteiger charge is 2.48. The van der Waals surface area contributed by atoms with Crippen LogP contribution in [0.3, 0.4) is 0 Å². The summed E-state index contributed by atoms with van der Waals surface area (Å²) in [6, 6.07) is 2.60. The molecule has 0 saturated heterocycles. The molecule has 0 amide bonds. The summed E-state index contributed by atoms with van der Waals surface area (Å²) in [4.78, 5) is 64.6. The number of carboxylic acids is 1. The van der Waals surface area contributed by atoms with Crippen LogP contribution < -0.4 is 18.9 Å². The smallest absolute Gasteiger partial charge is 0.356 e. The quantitative estimate of drug-likeness (QED) is 0.140. The molecule has 4 rings (SSSR count). The van der Waals surface area contributed by atoms with Crippen LogP contribution in [0.15, 0.2) is 35.6 Å². The van der Waals surface area contributed by atoms with E-state index in [4.69, 9.17) is 23.7 Å². The lowest BCUT2D eigenvalue weighted by Gasteiger charge is -2.31. The van der Waals surface area contributed by atoms with Crippen molar-refractivity contribution >= 4 is 29.7 Å². The molecule has 3 aromatic rings. The molecular weight excluding hydrogens is 704 g/mol. The van der Waals surface area contributed by atoms with E-state index in [0.717, 1.165) is 12.2 Å². The first-order valence-corrected chi connectivity index (χ1v) is 16.6. The number of phenols is 2. The fourth-order valence-electron chi connectivity index (χ4n) is 6.24. The number of carbonyl (C=O) groups is 5. The van der Waals surface area contributed by atoms with Crippen molar-refractivity contribution < 1.29 is 68.1 Å². The second kappa shape index (κ2) is 15.1. The molecule has 14 heteroatoms. The second-order valence-corrected chi connectivity index (χ2v) is 13.2. The summed E-state index contributed by atoms with van der Waals surface area (Å²) in [5, 5.41) is 43.7. The van der Waals surface area contributed by atoms with Crippen molar-refractivity contribution in [2.45, 2.75) is 73.8 Å². The van der Waals surface area contributed by atoms with Crippen LogP contribution >= 0.6 is 0 Å². The Morgan fingerprint density at radius 2 is 1.22 bits per heavy atom. The topological polar surface area (TPSA) is 212 Å². The molecule has 286 valence electrons. The van der Waals surface area contributed by atoms with Gasteiger partial charge in [-0.2, -0.15) is 0 Å². The third kappa shape index (κ3) is 6.87. The number of aliphatic hydroxyl groups is 1. The van der Waals surface area contributed by atoms with Crippen molar-refractivity contribution in [3.8, 4) is 34.5 Å². The standard InChI is InChI=1S/C40H42O14/c1-16(2)29-34(43)32(21(7)22(8)35(29)54-39(48)40(49)18(4)13-24(41)14-28(40)51-11)38(47)52-25-12-17(3)30(33(42)23(25)9)37(46)53-26-15-27(50-10)31(36(44)45)20(6)19(26)5/h12-16,42-43,49H,1-11H3,(H,44,45)/t40-/m1/s1. The van der Waals surface area contributed by atoms with Gasteiger partial charge in [-0.05, 0) is 99.9 Å². The Balaban J connectivity index is 1.71. The highest BCUT2D eigenvalue weighted by atomic mass is 16.6. The largest absolute Gasteiger partial charge is 0.507 e. The van der Waals surface area contributed by atoms with Gasteiger partial charge in [0.15, 0.2) is 5.78 Å². The molecule has 1 atom stereocenters. The predicted octanol–water partition coefficient (Wildman–Crippen LogP) is 5.91. The van der Waals surface area contributed by atoms with Crippen LogP contribution in [-0.4, -0.2) is 69.9 Å². The number of aromatic carboxylic acids is 1. The molecule has 0 aromatic heterocycles. The summed E-state index contributed by atoms with van der Waals surface area (Å²) in [5.41, 5.74) is -1.81. The van der Waals surface area contributed by atoms with Crippen LogP contribution in [0.5, 0.6) is 34.5 Å². The molecule has 0 heterocycles. The maximum Gasteiger partial charge on any atom is 0.356 e. The van der Waals surface area contributed by atoms with E-state index >= 15 is 0 Å². The average Bonchev–Trinajstić information content (AvgIpc) is 3.08. The number of allylic oxidation sites excluding steroid dienone is 2. The van der Waals surface area contributed by atoms with Gasteiger partial charge < -0.3 is 44.1 Å². The van der Waals surface area contributed by atoms with Crippen LogP contribution in [0.25, 0.3) is 0 Å². The fourth-order valence-corrected chi connectivity index (χ4v) is 6.24. The molecule has 54 heavy (non-hydrogen) atoms. The zero-order chi connectivity index (χ0) is 40.7. The highest BCUT2D eigenvalue weighted by Crippen LogP contribution is 2.45. The van der Waals surface area contributed by atoms with Gasteiger partial charge in [0.2, 0.25) is 5.60 Å². The number of hydrogen-bond acceptors (Lipinski definition) is 13. The molecule has 0 bridgehead atoms. The maximum absolute atomic E-state index is 13.8. The molecule has 0 spiro atoms. The van der Waals surface area contributed by atoms with Gasteiger partial charge in [-0.1, -0.05) is 13.8 Å². The number of phenolic OH excluding ortho intramolecular Hbond substituents is 2. The monoisotopic (exact) mass is 746 g/mol. The number of esters is 3. The minimum Gasteiger partial charge on any atom is -0.507 e. The van der Waals surface area contributed by atoms with Crippen LogP contribution in [0.1, 0.15) is 96.7 Å². The Bertz CT molecular complexity index is 2200. The number of benzene rings is 3. The average molecular weight is 747 g/mol. The van der Waals surface area contributed by atoms with E-state index in [9.17, 15) is 44.4 Å². The molecule has 1 aliphatic carbocycles. The molecule has 0 saturated carbocycles. The Kier molecular flexibility index (Phi) is 11.3. The van der Waals surface area contributed by atoms with Crippen LogP contribution in [-0.2, 0) is 14.3 Å². The highest BCUT2D eigenvalue weighted by molar-refractivity contribution is 6.06. The first-order valence-electron chi connectivity index (χ1n) is 16.6. The lowest BCUT2D eigenvalue weighted by atomic mass is 9.86. The lowest BCUT2D eigenvalue weighted by molar-refractivity contribution is -0.151. The molecule has 0 fully saturated rings. The number of carbonyl (C=O) groups excluding carboxylic acids is 4. The molecule has 1 aliphatic rings. The van der Waals surface area contributed by atoms with E-state index in [2.05, 4.69) is 0 Å². The van der Waals surface area contributed by atoms with E-state index in [0.29, 0.717) is 11.1 Å². The Hall–Kier alpha value is -6.15. The van der Waals surface area contributed by atoms with Crippen LogP contribution in [0, 0.1) is 41.5 Å². The van der Waals surface area contributed by atoms with Crippen molar-refractivity contribution in [2.24, 2.45) is 0 Å². The summed E-state index contributed by atoms with van der Waals surface area (Å²) < 4.78 is 27.3. The number of ketones is 1. The minimum absolute atomic E-state index is 0.00733. The summed E-state index contributed by atoms with van der Waals surface area (Å²) in [6.07, 6.45) is 2.03. The zero-order valence-corrected chi connectivity index (χ0v) is 31.8. The molecule has 0 aliphatic heterocycles. The van der Waals surface area contributed by atoms with Gasteiger partial charge >= 0.3 is 23.9 Å². The number of ether oxygens (including phenoxy) is 5. The lowest BCUT2D eigenvalue weighted by Crippen LogP contribution is -2.47. The minimum atomic E-state index is -2.45. The summed E-state index contributed by atoms with van der Waals surface area (Å²) in [6.45, 7) is 13.7. The zero-order valence-electron chi connectivity index (χ0n) is 31.8. The van der Waals surface area contributed by atoms with Gasteiger partial charge in [-0.3, -0.25) is 4.79 Å². The van der Waals surface area contributed by atoms with Crippen LogP contribution in [0.2, 0.25) is 0 Å². The number of methoxy groups -OCH3 is 2. The normalized spacial score (nSPS) is 15.3. The van der Waals surface area contributed by atoms with Gasteiger partial charge in [0.25, 0.3) is 0 Å². The third-order valence-electron chi connectivity index (χ3n) is 9.63. The third-order valence-corrected chi connectivity index (χ3v) is 9.63. The number of rotatable bonds is 10.